The van der Waals surface area contributed by atoms with Gasteiger partial charge in [0.15, 0.2) is 0 Å². The fraction of sp³-hybridized carbons (Fsp3) is 0.318. The lowest BCUT2D eigenvalue weighted by atomic mass is 9.97. The van der Waals surface area contributed by atoms with Crippen LogP contribution in [0.2, 0.25) is 5.02 Å². The number of carbonyl (C=O) groups excluding carboxylic acids is 1. The minimum absolute atomic E-state index is 0.0562. The molecule has 2 heterocycles. The van der Waals surface area contributed by atoms with Crippen molar-refractivity contribution >= 4 is 33.4 Å². The summed E-state index contributed by atoms with van der Waals surface area (Å²) >= 11 is 9.60. The van der Waals surface area contributed by atoms with Crippen LogP contribution in [-0.2, 0) is 17.9 Å². The van der Waals surface area contributed by atoms with Crippen LogP contribution in [0.1, 0.15) is 24.3 Å². The number of hydrogen-bond donors (Lipinski definition) is 1. The Kier molecular flexibility index (Phi) is 6.82. The van der Waals surface area contributed by atoms with Crippen molar-refractivity contribution in [1.82, 2.24) is 20.4 Å². The van der Waals surface area contributed by atoms with Gasteiger partial charge >= 0.3 is 0 Å². The first-order valence-electron chi connectivity index (χ1n) is 9.90. The van der Waals surface area contributed by atoms with Gasteiger partial charge in [0.2, 0.25) is 17.6 Å². The Morgan fingerprint density at radius 2 is 2.03 bits per heavy atom. The van der Waals surface area contributed by atoms with E-state index in [1.165, 1.54) is 0 Å². The third kappa shape index (κ3) is 5.28. The summed E-state index contributed by atoms with van der Waals surface area (Å²) in [6, 6.07) is 15.3. The number of likely N-dealkylation sites (tertiary alicyclic amines) is 1. The minimum Gasteiger partial charge on any atom is -0.352 e. The van der Waals surface area contributed by atoms with E-state index >= 15 is 0 Å². The Balaban J connectivity index is 1.32. The molecule has 0 spiro atoms. The molecule has 4 rings (SSSR count). The van der Waals surface area contributed by atoms with Crippen molar-refractivity contribution in [3.8, 4) is 11.4 Å². The zero-order valence-electron chi connectivity index (χ0n) is 16.4. The monoisotopic (exact) mass is 488 g/mol. The molecule has 1 aliphatic heterocycles. The number of nitrogens with zero attached hydrogens (tertiary/aromatic N) is 3. The van der Waals surface area contributed by atoms with Crippen LogP contribution >= 0.6 is 27.5 Å². The highest BCUT2D eigenvalue weighted by molar-refractivity contribution is 9.10. The number of carbonyl (C=O) groups is 1. The Morgan fingerprint density at radius 1 is 1.23 bits per heavy atom. The molecule has 1 unspecified atom stereocenters. The number of nitrogens with one attached hydrogen (secondary N) is 1. The van der Waals surface area contributed by atoms with Gasteiger partial charge in [-0.1, -0.05) is 50.9 Å². The first-order chi connectivity index (χ1) is 14.6. The Hall–Kier alpha value is -2.22. The van der Waals surface area contributed by atoms with Gasteiger partial charge < -0.3 is 9.84 Å². The van der Waals surface area contributed by atoms with Crippen LogP contribution in [0.3, 0.4) is 0 Å². The number of aromatic nitrogens is 2. The zero-order chi connectivity index (χ0) is 20.9. The van der Waals surface area contributed by atoms with Crippen molar-refractivity contribution in [3.05, 3.63) is 69.5 Å². The Morgan fingerprint density at radius 3 is 2.83 bits per heavy atom. The summed E-state index contributed by atoms with van der Waals surface area (Å²) in [7, 11) is 0. The number of amides is 1. The highest BCUT2D eigenvalue weighted by Gasteiger charge is 2.27. The average Bonchev–Trinajstić information content (AvgIpc) is 3.22. The van der Waals surface area contributed by atoms with Crippen molar-refractivity contribution in [1.29, 1.82) is 0 Å². The standard InChI is InChI=1S/C22H22BrClN4O2/c23-18-9-7-15(8-10-18)21-26-20(30-27-21)14-28-11-3-5-17(13-28)22(29)25-12-16-4-1-2-6-19(16)24/h1-2,4,6-10,17H,3,5,11-14H2,(H,25,29). The van der Waals surface area contributed by atoms with E-state index in [0.29, 0.717) is 36.4 Å². The summed E-state index contributed by atoms with van der Waals surface area (Å²) in [6.07, 6.45) is 1.83. The summed E-state index contributed by atoms with van der Waals surface area (Å²) in [4.78, 5) is 19.4. The Labute approximate surface area is 188 Å². The summed E-state index contributed by atoms with van der Waals surface area (Å²) in [6.45, 7) is 2.56. The van der Waals surface area contributed by atoms with Crippen molar-refractivity contribution in [3.63, 3.8) is 0 Å². The van der Waals surface area contributed by atoms with Gasteiger partial charge in [0.25, 0.3) is 0 Å². The maximum Gasteiger partial charge on any atom is 0.241 e. The number of halogens is 2. The molecule has 156 valence electrons. The molecule has 8 heteroatoms. The molecule has 2 aromatic carbocycles. The quantitative estimate of drug-likeness (QED) is 0.544. The van der Waals surface area contributed by atoms with Crippen molar-refractivity contribution < 1.29 is 9.32 Å². The van der Waals surface area contributed by atoms with E-state index in [9.17, 15) is 4.79 Å². The van der Waals surface area contributed by atoms with Crippen LogP contribution in [-0.4, -0.2) is 34.0 Å². The normalized spacial score (nSPS) is 17.1. The molecule has 1 N–H and O–H groups in total. The average molecular weight is 490 g/mol. The molecule has 1 fully saturated rings. The lowest BCUT2D eigenvalue weighted by molar-refractivity contribution is -0.127. The lowest BCUT2D eigenvalue weighted by Crippen LogP contribution is -2.42. The second kappa shape index (κ2) is 9.73. The van der Waals surface area contributed by atoms with Crippen LogP contribution in [0.4, 0.5) is 0 Å². The summed E-state index contributed by atoms with van der Waals surface area (Å²) < 4.78 is 6.44. The van der Waals surface area contributed by atoms with Gasteiger partial charge in [-0.3, -0.25) is 9.69 Å². The summed E-state index contributed by atoms with van der Waals surface area (Å²) in [5, 5.41) is 7.77. The SMILES string of the molecule is O=C(NCc1ccccc1Cl)C1CCCN(Cc2nc(-c3ccc(Br)cc3)no2)C1. The van der Waals surface area contributed by atoms with Gasteiger partial charge in [0, 0.05) is 28.1 Å². The van der Waals surface area contributed by atoms with E-state index in [1.54, 1.807) is 0 Å². The second-order valence-electron chi connectivity index (χ2n) is 7.40. The first-order valence-corrected chi connectivity index (χ1v) is 11.1. The largest absolute Gasteiger partial charge is 0.352 e. The summed E-state index contributed by atoms with van der Waals surface area (Å²) in [5.41, 5.74) is 1.83. The molecule has 1 amide bonds. The summed E-state index contributed by atoms with van der Waals surface area (Å²) in [5.74, 6) is 1.13. The van der Waals surface area contributed by atoms with Crippen LogP contribution < -0.4 is 5.32 Å². The van der Waals surface area contributed by atoms with E-state index in [-0.39, 0.29) is 11.8 Å². The molecule has 1 atom stereocenters. The third-order valence-corrected chi connectivity index (χ3v) is 6.11. The number of rotatable bonds is 6. The van der Waals surface area contributed by atoms with Gasteiger partial charge in [-0.15, -0.1) is 0 Å². The molecule has 0 saturated carbocycles. The minimum atomic E-state index is -0.0601. The highest BCUT2D eigenvalue weighted by Crippen LogP contribution is 2.22. The fourth-order valence-electron chi connectivity index (χ4n) is 3.61. The molecule has 1 aromatic heterocycles. The van der Waals surface area contributed by atoms with E-state index in [0.717, 1.165) is 35.0 Å². The molecule has 3 aromatic rings. The van der Waals surface area contributed by atoms with Gasteiger partial charge in [0.1, 0.15) is 0 Å². The maximum absolute atomic E-state index is 12.7. The molecular weight excluding hydrogens is 468 g/mol. The third-order valence-electron chi connectivity index (χ3n) is 5.22. The molecule has 30 heavy (non-hydrogen) atoms. The molecule has 0 radical (unpaired) electrons. The predicted molar refractivity (Wildman–Crippen MR) is 119 cm³/mol. The molecule has 6 nitrogen and oxygen atoms in total. The van der Waals surface area contributed by atoms with E-state index in [1.807, 2.05) is 48.5 Å². The van der Waals surface area contributed by atoms with E-state index < -0.39 is 0 Å². The molecule has 0 bridgehead atoms. The van der Waals surface area contributed by atoms with E-state index in [2.05, 4.69) is 36.3 Å². The fourth-order valence-corrected chi connectivity index (χ4v) is 4.08. The zero-order valence-corrected chi connectivity index (χ0v) is 18.7. The molecule has 1 aliphatic rings. The predicted octanol–water partition coefficient (Wildman–Crippen LogP) is 4.68. The Bertz CT molecular complexity index is 1010. The van der Waals surface area contributed by atoms with Gasteiger partial charge in [-0.05, 0) is 55.3 Å². The van der Waals surface area contributed by atoms with Gasteiger partial charge in [-0.25, -0.2) is 0 Å². The van der Waals surface area contributed by atoms with Crippen LogP contribution in [0, 0.1) is 5.92 Å². The van der Waals surface area contributed by atoms with Crippen LogP contribution in [0.25, 0.3) is 11.4 Å². The van der Waals surface area contributed by atoms with Crippen LogP contribution in [0.15, 0.2) is 57.5 Å². The highest BCUT2D eigenvalue weighted by atomic mass is 79.9. The topological polar surface area (TPSA) is 71.3 Å². The number of benzene rings is 2. The van der Waals surface area contributed by atoms with Crippen molar-refractivity contribution in [2.75, 3.05) is 13.1 Å². The second-order valence-corrected chi connectivity index (χ2v) is 8.72. The first kappa shape index (κ1) is 21.0. The molecule has 1 saturated heterocycles. The number of hydrogen-bond acceptors (Lipinski definition) is 5. The number of piperidine rings is 1. The van der Waals surface area contributed by atoms with E-state index in [4.69, 9.17) is 16.1 Å². The van der Waals surface area contributed by atoms with Crippen molar-refractivity contribution in [2.24, 2.45) is 5.92 Å². The maximum atomic E-state index is 12.7. The van der Waals surface area contributed by atoms with Gasteiger partial charge in [0.05, 0.1) is 12.5 Å². The molecule has 0 aliphatic carbocycles. The van der Waals surface area contributed by atoms with Gasteiger partial charge in [-0.2, -0.15) is 4.98 Å². The van der Waals surface area contributed by atoms with Crippen molar-refractivity contribution in [2.45, 2.75) is 25.9 Å². The molecular formula is C22H22BrClN4O2. The lowest BCUT2D eigenvalue weighted by Gasteiger charge is -2.30. The smallest absolute Gasteiger partial charge is 0.241 e. The van der Waals surface area contributed by atoms with Crippen LogP contribution in [0.5, 0.6) is 0 Å².